The zero-order valence-corrected chi connectivity index (χ0v) is 6.45. The molecular formula is C8H6ClNO. The van der Waals surface area contributed by atoms with Gasteiger partial charge < -0.3 is 0 Å². The summed E-state index contributed by atoms with van der Waals surface area (Å²) in [5, 5.41) is 8.52. The van der Waals surface area contributed by atoms with Crippen LogP contribution >= 0.6 is 11.9 Å². The molecule has 0 bridgehead atoms. The monoisotopic (exact) mass is 167 g/mol. The van der Waals surface area contributed by atoms with Crippen LogP contribution < -0.4 is 0 Å². The molecule has 1 rings (SSSR count). The Morgan fingerprint density at radius 2 is 2.00 bits per heavy atom. The minimum atomic E-state index is -0.669. The van der Waals surface area contributed by atoms with Crippen molar-refractivity contribution in [2.75, 3.05) is 0 Å². The summed E-state index contributed by atoms with van der Waals surface area (Å²) in [4.78, 5) is 0. The second-order valence-corrected chi connectivity index (χ2v) is 2.19. The first-order valence-corrected chi connectivity index (χ1v) is 3.41. The van der Waals surface area contributed by atoms with Crippen LogP contribution in [0.4, 0.5) is 0 Å². The molecule has 11 heavy (non-hydrogen) atoms. The van der Waals surface area contributed by atoms with Crippen molar-refractivity contribution in [3.63, 3.8) is 0 Å². The van der Waals surface area contributed by atoms with E-state index in [9.17, 15) is 0 Å². The van der Waals surface area contributed by atoms with Crippen molar-refractivity contribution in [1.82, 2.24) is 0 Å². The molecule has 2 nitrogen and oxygen atoms in total. The number of hydrogen-bond acceptors (Lipinski definition) is 2. The molecule has 3 heteroatoms. The SMILES string of the molecule is N#C[C@H](OCl)c1ccccc1. The second kappa shape index (κ2) is 3.97. The van der Waals surface area contributed by atoms with Crippen LogP contribution in [0.2, 0.25) is 0 Å². The van der Waals surface area contributed by atoms with Crippen molar-refractivity contribution in [1.29, 1.82) is 5.26 Å². The maximum absolute atomic E-state index is 8.52. The Bertz CT molecular complexity index is 255. The largest absolute Gasteiger partial charge is 0.256 e. The molecule has 0 unspecified atom stereocenters. The number of benzene rings is 1. The van der Waals surface area contributed by atoms with E-state index in [2.05, 4.69) is 4.29 Å². The van der Waals surface area contributed by atoms with Gasteiger partial charge in [0.05, 0.1) is 11.9 Å². The first kappa shape index (κ1) is 8.06. The quantitative estimate of drug-likeness (QED) is 0.678. The highest BCUT2D eigenvalue weighted by molar-refractivity contribution is 6.07. The molecular weight excluding hydrogens is 162 g/mol. The Kier molecular flexibility index (Phi) is 2.91. The molecule has 0 heterocycles. The third-order valence-corrected chi connectivity index (χ3v) is 1.49. The first-order chi connectivity index (χ1) is 5.38. The molecule has 1 aromatic rings. The van der Waals surface area contributed by atoms with Gasteiger partial charge in [-0.3, -0.25) is 4.29 Å². The highest BCUT2D eigenvalue weighted by Crippen LogP contribution is 2.16. The molecule has 0 saturated heterocycles. The third kappa shape index (κ3) is 1.94. The topological polar surface area (TPSA) is 33.0 Å². The van der Waals surface area contributed by atoms with Crippen molar-refractivity contribution in [2.24, 2.45) is 0 Å². The molecule has 1 atom stereocenters. The van der Waals surface area contributed by atoms with Gasteiger partial charge in [0.1, 0.15) is 6.07 Å². The average Bonchev–Trinajstić information content (AvgIpc) is 2.09. The van der Waals surface area contributed by atoms with Gasteiger partial charge in [-0.05, 0) is 5.56 Å². The van der Waals surface area contributed by atoms with Gasteiger partial charge in [-0.1, -0.05) is 30.3 Å². The molecule has 1 aromatic carbocycles. The maximum Gasteiger partial charge on any atom is 0.190 e. The summed E-state index contributed by atoms with van der Waals surface area (Å²) in [6.45, 7) is 0. The molecule has 0 aliphatic heterocycles. The van der Waals surface area contributed by atoms with Gasteiger partial charge >= 0.3 is 0 Å². The van der Waals surface area contributed by atoms with Gasteiger partial charge in [-0.15, -0.1) is 0 Å². The maximum atomic E-state index is 8.52. The van der Waals surface area contributed by atoms with Gasteiger partial charge in [-0.25, -0.2) is 0 Å². The van der Waals surface area contributed by atoms with E-state index in [4.69, 9.17) is 17.1 Å². The zero-order valence-electron chi connectivity index (χ0n) is 5.70. The number of rotatable bonds is 2. The Morgan fingerprint density at radius 3 is 2.45 bits per heavy atom. The summed E-state index contributed by atoms with van der Waals surface area (Å²) in [5.74, 6) is 0. The van der Waals surface area contributed by atoms with Crippen LogP contribution in [0.15, 0.2) is 30.3 Å². The minimum Gasteiger partial charge on any atom is -0.256 e. The van der Waals surface area contributed by atoms with Crippen LogP contribution in [0, 0.1) is 11.3 Å². The number of nitriles is 1. The van der Waals surface area contributed by atoms with Crippen LogP contribution in [-0.2, 0) is 4.29 Å². The van der Waals surface area contributed by atoms with E-state index in [1.807, 2.05) is 24.3 Å². The first-order valence-electron chi connectivity index (χ1n) is 3.10. The van der Waals surface area contributed by atoms with Crippen LogP contribution in [0.25, 0.3) is 0 Å². The summed E-state index contributed by atoms with van der Waals surface area (Å²) in [6, 6.07) is 11.0. The molecule has 0 fully saturated rings. The summed E-state index contributed by atoms with van der Waals surface area (Å²) in [5.41, 5.74) is 0.769. The summed E-state index contributed by atoms with van der Waals surface area (Å²) in [7, 11) is 0. The molecule has 0 aromatic heterocycles. The number of hydrogen-bond donors (Lipinski definition) is 0. The van der Waals surface area contributed by atoms with Crippen LogP contribution in [0.3, 0.4) is 0 Å². The summed E-state index contributed by atoms with van der Waals surface area (Å²) >= 11 is 5.08. The molecule has 0 spiro atoms. The number of halogens is 1. The van der Waals surface area contributed by atoms with Crippen molar-refractivity contribution < 1.29 is 4.29 Å². The van der Waals surface area contributed by atoms with Gasteiger partial charge in [-0.2, -0.15) is 5.26 Å². The van der Waals surface area contributed by atoms with Crippen molar-refractivity contribution in [2.45, 2.75) is 6.10 Å². The molecule has 0 N–H and O–H groups in total. The smallest absolute Gasteiger partial charge is 0.190 e. The fourth-order valence-corrected chi connectivity index (χ4v) is 0.916. The van der Waals surface area contributed by atoms with Gasteiger partial charge in [0.2, 0.25) is 0 Å². The van der Waals surface area contributed by atoms with Gasteiger partial charge in [0, 0.05) is 0 Å². The predicted octanol–water partition coefficient (Wildman–Crippen LogP) is 2.42. The van der Waals surface area contributed by atoms with Crippen LogP contribution in [0.5, 0.6) is 0 Å². The lowest BCUT2D eigenvalue weighted by Crippen LogP contribution is -1.93. The van der Waals surface area contributed by atoms with Crippen molar-refractivity contribution in [3.05, 3.63) is 35.9 Å². The third-order valence-electron chi connectivity index (χ3n) is 1.31. The average molecular weight is 168 g/mol. The molecule has 0 aliphatic rings. The Labute approximate surface area is 70.1 Å². The molecule has 56 valence electrons. The van der Waals surface area contributed by atoms with Crippen LogP contribution in [-0.4, -0.2) is 0 Å². The fraction of sp³-hybridized carbons (Fsp3) is 0.125. The van der Waals surface area contributed by atoms with Gasteiger partial charge in [0.25, 0.3) is 0 Å². The minimum absolute atomic E-state index is 0.669. The van der Waals surface area contributed by atoms with E-state index in [1.165, 1.54) is 0 Å². The molecule has 0 aliphatic carbocycles. The van der Waals surface area contributed by atoms with E-state index in [0.29, 0.717) is 0 Å². The lowest BCUT2D eigenvalue weighted by molar-refractivity contribution is 0.292. The normalized spacial score (nSPS) is 12.0. The summed E-state index contributed by atoms with van der Waals surface area (Å²) in [6.07, 6.45) is -0.669. The highest BCUT2D eigenvalue weighted by Gasteiger charge is 2.07. The van der Waals surface area contributed by atoms with Crippen LogP contribution in [0.1, 0.15) is 11.7 Å². The van der Waals surface area contributed by atoms with E-state index in [0.717, 1.165) is 5.56 Å². The van der Waals surface area contributed by atoms with E-state index >= 15 is 0 Å². The Morgan fingerprint density at radius 1 is 1.36 bits per heavy atom. The van der Waals surface area contributed by atoms with Gasteiger partial charge in [0.15, 0.2) is 6.10 Å². The van der Waals surface area contributed by atoms with Crippen molar-refractivity contribution >= 4 is 11.9 Å². The Hall–Kier alpha value is -1.04. The lowest BCUT2D eigenvalue weighted by Gasteiger charge is -2.02. The second-order valence-electron chi connectivity index (χ2n) is 2.01. The van der Waals surface area contributed by atoms with E-state index in [-0.39, 0.29) is 0 Å². The lowest BCUT2D eigenvalue weighted by atomic mass is 10.1. The standard InChI is InChI=1S/C8H6ClNO/c9-11-8(6-10)7-4-2-1-3-5-7/h1-5,8H/t8-/m0/s1. The Balaban J connectivity index is 2.85. The number of nitrogens with zero attached hydrogens (tertiary/aromatic N) is 1. The fourth-order valence-electron chi connectivity index (χ4n) is 0.774. The van der Waals surface area contributed by atoms with Crippen molar-refractivity contribution in [3.8, 4) is 6.07 Å². The zero-order chi connectivity index (χ0) is 8.10. The van der Waals surface area contributed by atoms with E-state index in [1.54, 1.807) is 12.1 Å². The highest BCUT2D eigenvalue weighted by atomic mass is 35.5. The summed E-state index contributed by atoms with van der Waals surface area (Å²) < 4.78 is 4.40. The van der Waals surface area contributed by atoms with E-state index < -0.39 is 6.10 Å². The molecule has 0 amide bonds. The molecule has 0 saturated carbocycles. The predicted molar refractivity (Wildman–Crippen MR) is 41.7 cm³/mol. The molecule has 0 radical (unpaired) electrons.